The number of phenolic OH excluding ortho intramolecular Hbond substituents is 1. The monoisotopic (exact) mass is 292 g/mol. The van der Waals surface area contributed by atoms with Crippen molar-refractivity contribution in [2.24, 2.45) is 5.92 Å². The number of methoxy groups -OCH3 is 1. The fourth-order valence-corrected chi connectivity index (χ4v) is 2.66. The van der Waals surface area contributed by atoms with Gasteiger partial charge >= 0.3 is 0 Å². The maximum atomic E-state index is 12.1. The highest BCUT2D eigenvalue weighted by Crippen LogP contribution is 2.22. The average molecular weight is 292 g/mol. The second-order valence-corrected chi connectivity index (χ2v) is 5.71. The van der Waals surface area contributed by atoms with Crippen LogP contribution >= 0.6 is 0 Å². The highest BCUT2D eigenvalue weighted by atomic mass is 16.5. The van der Waals surface area contributed by atoms with E-state index >= 15 is 0 Å². The summed E-state index contributed by atoms with van der Waals surface area (Å²) in [7, 11) is 1.53. The molecule has 116 valence electrons. The first kappa shape index (κ1) is 15.6. The van der Waals surface area contributed by atoms with Gasteiger partial charge in [0.15, 0.2) is 0 Å². The minimum Gasteiger partial charge on any atom is -0.507 e. The lowest BCUT2D eigenvalue weighted by molar-refractivity contribution is 0.0942. The van der Waals surface area contributed by atoms with Gasteiger partial charge in [-0.05, 0) is 50.0 Å². The first-order chi connectivity index (χ1) is 10.1. The Morgan fingerprint density at radius 2 is 2.14 bits per heavy atom. The second kappa shape index (κ2) is 7.31. The van der Waals surface area contributed by atoms with Crippen LogP contribution in [0.3, 0.4) is 0 Å². The van der Waals surface area contributed by atoms with E-state index in [1.807, 2.05) is 0 Å². The Hall–Kier alpha value is -1.75. The van der Waals surface area contributed by atoms with Gasteiger partial charge in [0.25, 0.3) is 5.91 Å². The van der Waals surface area contributed by atoms with E-state index in [2.05, 4.69) is 17.1 Å². The molecule has 1 fully saturated rings. The number of carbonyl (C=O) groups is 1. The van der Waals surface area contributed by atoms with Gasteiger partial charge in [0.2, 0.25) is 0 Å². The highest BCUT2D eigenvalue weighted by molar-refractivity contribution is 5.97. The molecule has 1 saturated heterocycles. The third-order valence-electron chi connectivity index (χ3n) is 3.83. The number of nitrogens with one attached hydrogen (secondary N) is 1. The topological polar surface area (TPSA) is 61.8 Å². The second-order valence-electron chi connectivity index (χ2n) is 5.71. The molecule has 1 atom stereocenters. The van der Waals surface area contributed by atoms with Gasteiger partial charge in [0.1, 0.15) is 11.5 Å². The van der Waals surface area contributed by atoms with E-state index < -0.39 is 0 Å². The van der Waals surface area contributed by atoms with Crippen LogP contribution < -0.4 is 10.1 Å². The molecular formula is C16H24N2O3. The Balaban J connectivity index is 1.86. The number of hydrogen-bond acceptors (Lipinski definition) is 4. The van der Waals surface area contributed by atoms with E-state index in [-0.39, 0.29) is 17.2 Å². The molecule has 5 nitrogen and oxygen atoms in total. The summed E-state index contributed by atoms with van der Waals surface area (Å²) in [4.78, 5) is 14.6. The molecular weight excluding hydrogens is 268 g/mol. The van der Waals surface area contributed by atoms with E-state index in [1.165, 1.54) is 26.0 Å². The Bertz CT molecular complexity index is 484. The first-order valence-electron chi connectivity index (χ1n) is 7.47. The largest absolute Gasteiger partial charge is 0.507 e. The number of hydrogen-bond donors (Lipinski definition) is 2. The van der Waals surface area contributed by atoms with Crippen molar-refractivity contribution in [3.05, 3.63) is 23.8 Å². The summed E-state index contributed by atoms with van der Waals surface area (Å²) in [5.41, 5.74) is 0.253. The lowest BCUT2D eigenvalue weighted by Crippen LogP contribution is -2.34. The molecule has 1 aromatic carbocycles. The van der Waals surface area contributed by atoms with Gasteiger partial charge in [-0.1, -0.05) is 6.92 Å². The quantitative estimate of drug-likeness (QED) is 0.840. The van der Waals surface area contributed by atoms with Crippen LogP contribution in [0.1, 0.15) is 30.1 Å². The highest BCUT2D eigenvalue weighted by Gasteiger charge is 2.17. The van der Waals surface area contributed by atoms with Crippen molar-refractivity contribution >= 4 is 5.91 Å². The molecule has 0 aromatic heterocycles. The van der Waals surface area contributed by atoms with E-state index in [4.69, 9.17) is 4.74 Å². The molecule has 0 saturated carbocycles. The van der Waals surface area contributed by atoms with Gasteiger partial charge in [-0.3, -0.25) is 4.79 Å². The summed E-state index contributed by atoms with van der Waals surface area (Å²) in [5.74, 6) is 0.656. The molecule has 2 rings (SSSR count). The van der Waals surface area contributed by atoms with Crippen LogP contribution in [0.5, 0.6) is 11.5 Å². The van der Waals surface area contributed by atoms with Crippen LogP contribution in [0.25, 0.3) is 0 Å². The summed E-state index contributed by atoms with van der Waals surface area (Å²) in [6.45, 7) is 6.06. The molecule has 1 aliphatic rings. The molecule has 2 N–H and O–H groups in total. The normalized spacial score (nSPS) is 16.7. The summed E-state index contributed by atoms with van der Waals surface area (Å²) in [6.07, 6.45) is 2.55. The number of aromatic hydroxyl groups is 1. The Kier molecular flexibility index (Phi) is 5.44. The van der Waals surface area contributed by atoms with Crippen LogP contribution in [-0.4, -0.2) is 49.2 Å². The number of ether oxygens (including phenoxy) is 1. The number of phenols is 1. The molecule has 0 radical (unpaired) electrons. The van der Waals surface area contributed by atoms with Crippen LogP contribution in [0, 0.1) is 5.92 Å². The van der Waals surface area contributed by atoms with E-state index in [1.54, 1.807) is 12.1 Å². The zero-order valence-corrected chi connectivity index (χ0v) is 12.8. The fourth-order valence-electron chi connectivity index (χ4n) is 2.66. The molecule has 1 amide bonds. The minimum atomic E-state index is -0.264. The fraction of sp³-hybridized carbons (Fsp3) is 0.562. The summed E-state index contributed by atoms with van der Waals surface area (Å²) in [6, 6.07) is 4.65. The molecule has 1 unspecified atom stereocenters. The smallest absolute Gasteiger partial charge is 0.255 e. The predicted molar refractivity (Wildman–Crippen MR) is 81.8 cm³/mol. The van der Waals surface area contributed by atoms with E-state index in [0.29, 0.717) is 18.2 Å². The summed E-state index contributed by atoms with van der Waals surface area (Å²) >= 11 is 0. The van der Waals surface area contributed by atoms with Crippen molar-refractivity contribution in [3.8, 4) is 11.5 Å². The number of benzene rings is 1. The van der Waals surface area contributed by atoms with E-state index in [0.717, 1.165) is 19.6 Å². The van der Waals surface area contributed by atoms with Crippen LogP contribution in [0.15, 0.2) is 18.2 Å². The molecule has 1 aliphatic heterocycles. The van der Waals surface area contributed by atoms with Gasteiger partial charge < -0.3 is 20.1 Å². The zero-order valence-electron chi connectivity index (χ0n) is 12.8. The van der Waals surface area contributed by atoms with Crippen molar-refractivity contribution in [3.63, 3.8) is 0 Å². The number of rotatable bonds is 6. The van der Waals surface area contributed by atoms with Crippen LogP contribution in [0.2, 0.25) is 0 Å². The molecule has 0 bridgehead atoms. The SMILES string of the molecule is COc1ccc(O)c(C(=O)NCC(C)CN2CCCC2)c1. The molecule has 1 heterocycles. The minimum absolute atomic E-state index is 0.0273. The summed E-state index contributed by atoms with van der Waals surface area (Å²) in [5, 5.41) is 12.7. The van der Waals surface area contributed by atoms with Gasteiger partial charge in [-0.25, -0.2) is 0 Å². The van der Waals surface area contributed by atoms with Gasteiger partial charge in [-0.2, -0.15) is 0 Å². The standard InChI is InChI=1S/C16H24N2O3/c1-12(11-18-7-3-4-8-18)10-17-16(20)14-9-13(21-2)5-6-15(14)19/h5-6,9,12,19H,3-4,7-8,10-11H2,1-2H3,(H,17,20). The van der Waals surface area contributed by atoms with Crippen molar-refractivity contribution in [2.75, 3.05) is 33.3 Å². The molecule has 21 heavy (non-hydrogen) atoms. The van der Waals surface area contributed by atoms with E-state index in [9.17, 15) is 9.90 Å². The predicted octanol–water partition coefficient (Wildman–Crippen LogP) is 1.86. The number of likely N-dealkylation sites (tertiary alicyclic amines) is 1. The van der Waals surface area contributed by atoms with Gasteiger partial charge in [0, 0.05) is 13.1 Å². The number of nitrogens with zero attached hydrogens (tertiary/aromatic N) is 1. The Morgan fingerprint density at radius 3 is 2.81 bits per heavy atom. The number of carbonyl (C=O) groups excluding carboxylic acids is 1. The Labute approximate surface area is 125 Å². The van der Waals surface area contributed by atoms with Crippen molar-refractivity contribution in [1.29, 1.82) is 0 Å². The zero-order chi connectivity index (χ0) is 15.2. The molecule has 0 spiro atoms. The van der Waals surface area contributed by atoms with Gasteiger partial charge in [0.05, 0.1) is 12.7 Å². The maximum Gasteiger partial charge on any atom is 0.255 e. The first-order valence-corrected chi connectivity index (χ1v) is 7.47. The Morgan fingerprint density at radius 1 is 1.43 bits per heavy atom. The lowest BCUT2D eigenvalue weighted by atomic mass is 10.1. The third kappa shape index (κ3) is 4.36. The maximum absolute atomic E-state index is 12.1. The average Bonchev–Trinajstić information content (AvgIpc) is 2.98. The number of amides is 1. The van der Waals surface area contributed by atoms with Crippen molar-refractivity contribution in [1.82, 2.24) is 10.2 Å². The van der Waals surface area contributed by atoms with Crippen LogP contribution in [0.4, 0.5) is 0 Å². The van der Waals surface area contributed by atoms with Crippen molar-refractivity contribution < 1.29 is 14.6 Å². The van der Waals surface area contributed by atoms with Gasteiger partial charge in [-0.15, -0.1) is 0 Å². The van der Waals surface area contributed by atoms with Crippen LogP contribution in [-0.2, 0) is 0 Å². The lowest BCUT2D eigenvalue weighted by Gasteiger charge is -2.20. The summed E-state index contributed by atoms with van der Waals surface area (Å²) < 4.78 is 5.08. The molecule has 1 aromatic rings. The van der Waals surface area contributed by atoms with Crippen molar-refractivity contribution in [2.45, 2.75) is 19.8 Å². The third-order valence-corrected chi connectivity index (χ3v) is 3.83. The molecule has 0 aliphatic carbocycles. The molecule has 5 heteroatoms.